The number of nitrogen functional groups attached to an aromatic ring is 1. The summed E-state index contributed by atoms with van der Waals surface area (Å²) in [7, 11) is -3.59. The first-order chi connectivity index (χ1) is 8.49. The molecule has 0 aromatic heterocycles. The van der Waals surface area contributed by atoms with Gasteiger partial charge in [-0.1, -0.05) is 11.6 Å². The van der Waals surface area contributed by atoms with Gasteiger partial charge >= 0.3 is 10.2 Å². The Balaban J connectivity index is 2.16. The zero-order chi connectivity index (χ0) is 13.2. The summed E-state index contributed by atoms with van der Waals surface area (Å²) in [5, 5.41) is 0.460. The molecular formula is C10H14ClN3O3S. The molecule has 0 spiro atoms. The average molecular weight is 292 g/mol. The smallest absolute Gasteiger partial charge is 0.301 e. The van der Waals surface area contributed by atoms with Crippen LogP contribution >= 0.6 is 11.6 Å². The molecule has 0 bridgehead atoms. The normalized spacial score (nSPS) is 17.6. The number of anilines is 2. The molecule has 1 aromatic carbocycles. The number of morpholine rings is 1. The summed E-state index contributed by atoms with van der Waals surface area (Å²) in [6.07, 6.45) is 0. The summed E-state index contributed by atoms with van der Waals surface area (Å²) in [6.45, 7) is 1.47. The highest BCUT2D eigenvalue weighted by molar-refractivity contribution is 7.90. The fraction of sp³-hybridized carbons (Fsp3) is 0.400. The summed E-state index contributed by atoms with van der Waals surface area (Å²) >= 11 is 5.75. The Morgan fingerprint density at radius 3 is 2.61 bits per heavy atom. The minimum absolute atomic E-state index is 0.291. The van der Waals surface area contributed by atoms with Crippen molar-refractivity contribution >= 4 is 33.2 Å². The van der Waals surface area contributed by atoms with Crippen molar-refractivity contribution in [2.24, 2.45) is 0 Å². The Morgan fingerprint density at radius 2 is 2.00 bits per heavy atom. The molecule has 0 radical (unpaired) electrons. The average Bonchev–Trinajstić information content (AvgIpc) is 2.34. The second-order valence-corrected chi connectivity index (χ2v) is 5.96. The quantitative estimate of drug-likeness (QED) is 0.811. The molecule has 0 unspecified atom stereocenters. The number of nitrogens with two attached hydrogens (primary N) is 1. The van der Waals surface area contributed by atoms with Gasteiger partial charge in [-0.15, -0.1) is 0 Å². The van der Waals surface area contributed by atoms with E-state index in [-0.39, 0.29) is 0 Å². The van der Waals surface area contributed by atoms with Crippen molar-refractivity contribution in [3.05, 3.63) is 23.2 Å². The van der Waals surface area contributed by atoms with Crippen LogP contribution in [0.4, 0.5) is 11.4 Å². The van der Waals surface area contributed by atoms with Crippen LogP contribution in [0.3, 0.4) is 0 Å². The standard InChI is InChI=1S/C10H14ClN3O3S/c11-8-1-2-10(9(12)7-8)13-18(15,16)14-3-5-17-6-4-14/h1-2,7,13H,3-6,12H2. The van der Waals surface area contributed by atoms with Crippen molar-refractivity contribution in [3.8, 4) is 0 Å². The third kappa shape index (κ3) is 3.05. The van der Waals surface area contributed by atoms with E-state index in [1.54, 1.807) is 6.07 Å². The molecule has 1 aromatic rings. The molecule has 1 aliphatic heterocycles. The lowest BCUT2D eigenvalue weighted by Crippen LogP contribution is -2.43. The molecule has 1 heterocycles. The van der Waals surface area contributed by atoms with Gasteiger partial charge in [-0.25, -0.2) is 0 Å². The predicted molar refractivity (Wildman–Crippen MR) is 70.8 cm³/mol. The van der Waals surface area contributed by atoms with Crippen molar-refractivity contribution in [1.82, 2.24) is 4.31 Å². The molecule has 1 aliphatic rings. The van der Waals surface area contributed by atoms with Gasteiger partial charge in [0.15, 0.2) is 0 Å². The third-order valence-corrected chi connectivity index (χ3v) is 4.32. The van der Waals surface area contributed by atoms with E-state index < -0.39 is 10.2 Å². The molecular weight excluding hydrogens is 278 g/mol. The summed E-state index contributed by atoms with van der Waals surface area (Å²) in [5.41, 5.74) is 6.32. The Kier molecular flexibility index (Phi) is 3.96. The molecule has 0 saturated carbocycles. The van der Waals surface area contributed by atoms with Crippen molar-refractivity contribution < 1.29 is 13.2 Å². The Hall–Kier alpha value is -1.02. The highest BCUT2D eigenvalue weighted by Crippen LogP contribution is 2.24. The lowest BCUT2D eigenvalue weighted by Gasteiger charge is -2.26. The number of hydrogen-bond acceptors (Lipinski definition) is 4. The first-order valence-electron chi connectivity index (χ1n) is 5.40. The SMILES string of the molecule is Nc1cc(Cl)ccc1NS(=O)(=O)N1CCOCC1. The Labute approximate surface area is 111 Å². The topological polar surface area (TPSA) is 84.7 Å². The first-order valence-corrected chi connectivity index (χ1v) is 7.21. The van der Waals surface area contributed by atoms with E-state index in [4.69, 9.17) is 22.1 Å². The van der Waals surface area contributed by atoms with E-state index in [0.717, 1.165) is 0 Å². The number of benzene rings is 1. The van der Waals surface area contributed by atoms with E-state index in [0.29, 0.717) is 42.7 Å². The summed E-state index contributed by atoms with van der Waals surface area (Å²) in [6, 6.07) is 4.61. The molecule has 1 saturated heterocycles. The highest BCUT2D eigenvalue weighted by Gasteiger charge is 2.24. The van der Waals surface area contributed by atoms with Crippen LogP contribution in [0.15, 0.2) is 18.2 Å². The first kappa shape index (κ1) is 13.4. The van der Waals surface area contributed by atoms with Gasteiger partial charge < -0.3 is 10.5 Å². The minimum Gasteiger partial charge on any atom is -0.397 e. The number of nitrogens with zero attached hydrogens (tertiary/aromatic N) is 1. The zero-order valence-corrected chi connectivity index (χ0v) is 11.2. The Bertz CT molecular complexity index is 529. The maximum Gasteiger partial charge on any atom is 0.301 e. The zero-order valence-electron chi connectivity index (χ0n) is 9.60. The van der Waals surface area contributed by atoms with E-state index in [2.05, 4.69) is 4.72 Å². The molecule has 3 N–H and O–H groups in total. The lowest BCUT2D eigenvalue weighted by atomic mass is 10.3. The van der Waals surface area contributed by atoms with Crippen LogP contribution in [0.25, 0.3) is 0 Å². The van der Waals surface area contributed by atoms with Gasteiger partial charge in [0.2, 0.25) is 0 Å². The Morgan fingerprint density at radius 1 is 1.33 bits per heavy atom. The van der Waals surface area contributed by atoms with Crippen LogP contribution in [0.2, 0.25) is 5.02 Å². The van der Waals surface area contributed by atoms with Crippen LogP contribution in [0.1, 0.15) is 0 Å². The van der Waals surface area contributed by atoms with Gasteiger partial charge in [-0.05, 0) is 18.2 Å². The molecule has 100 valence electrons. The fourth-order valence-corrected chi connectivity index (χ4v) is 3.02. The summed E-state index contributed by atoms with van der Waals surface area (Å²) < 4.78 is 33.0. The largest absolute Gasteiger partial charge is 0.397 e. The van der Waals surface area contributed by atoms with Crippen molar-refractivity contribution in [1.29, 1.82) is 0 Å². The van der Waals surface area contributed by atoms with Gasteiger partial charge in [-0.3, -0.25) is 4.72 Å². The lowest BCUT2D eigenvalue weighted by molar-refractivity contribution is 0.0733. The maximum absolute atomic E-state index is 12.1. The third-order valence-electron chi connectivity index (χ3n) is 2.56. The van der Waals surface area contributed by atoms with Gasteiger partial charge in [0, 0.05) is 18.1 Å². The summed E-state index contributed by atoms with van der Waals surface area (Å²) in [4.78, 5) is 0. The minimum atomic E-state index is -3.59. The molecule has 0 aliphatic carbocycles. The van der Waals surface area contributed by atoms with E-state index in [1.807, 2.05) is 0 Å². The van der Waals surface area contributed by atoms with E-state index in [9.17, 15) is 8.42 Å². The van der Waals surface area contributed by atoms with Crippen LogP contribution in [0.5, 0.6) is 0 Å². The number of halogens is 1. The van der Waals surface area contributed by atoms with Crippen LogP contribution in [0, 0.1) is 0 Å². The molecule has 8 heteroatoms. The van der Waals surface area contributed by atoms with E-state index >= 15 is 0 Å². The predicted octanol–water partition coefficient (Wildman–Crippen LogP) is 0.911. The highest BCUT2D eigenvalue weighted by atomic mass is 35.5. The molecule has 0 atom stereocenters. The van der Waals surface area contributed by atoms with Crippen LogP contribution in [-0.4, -0.2) is 39.0 Å². The van der Waals surface area contributed by atoms with Crippen molar-refractivity contribution in [2.45, 2.75) is 0 Å². The second kappa shape index (κ2) is 5.31. The summed E-state index contributed by atoms with van der Waals surface area (Å²) in [5.74, 6) is 0. The molecule has 18 heavy (non-hydrogen) atoms. The van der Waals surface area contributed by atoms with Crippen LogP contribution < -0.4 is 10.5 Å². The van der Waals surface area contributed by atoms with Gasteiger partial charge in [-0.2, -0.15) is 12.7 Å². The van der Waals surface area contributed by atoms with Gasteiger partial charge in [0.25, 0.3) is 0 Å². The van der Waals surface area contributed by atoms with Gasteiger partial charge in [0.1, 0.15) is 0 Å². The van der Waals surface area contributed by atoms with Crippen LogP contribution in [-0.2, 0) is 14.9 Å². The van der Waals surface area contributed by atoms with E-state index in [1.165, 1.54) is 16.4 Å². The maximum atomic E-state index is 12.1. The number of ether oxygens (including phenoxy) is 1. The molecule has 6 nitrogen and oxygen atoms in total. The van der Waals surface area contributed by atoms with Crippen molar-refractivity contribution in [2.75, 3.05) is 36.8 Å². The molecule has 0 amide bonds. The number of rotatable bonds is 3. The number of nitrogens with one attached hydrogen (secondary N) is 1. The fourth-order valence-electron chi connectivity index (χ4n) is 1.62. The van der Waals surface area contributed by atoms with Crippen molar-refractivity contribution in [3.63, 3.8) is 0 Å². The van der Waals surface area contributed by atoms with Gasteiger partial charge in [0.05, 0.1) is 24.6 Å². The second-order valence-electron chi connectivity index (χ2n) is 3.85. The molecule has 2 rings (SSSR count). The monoisotopic (exact) mass is 291 g/mol. The molecule has 1 fully saturated rings. The number of hydrogen-bond donors (Lipinski definition) is 2.